The maximum Gasteiger partial charge on any atom is 0.253 e. The van der Waals surface area contributed by atoms with Gasteiger partial charge in [0.1, 0.15) is 6.10 Å². The number of nitrogens with one attached hydrogen (secondary N) is 1. The highest BCUT2D eigenvalue weighted by molar-refractivity contribution is 6.34. The van der Waals surface area contributed by atoms with Crippen LogP contribution < -0.4 is 11.1 Å². The van der Waals surface area contributed by atoms with Crippen molar-refractivity contribution in [3.05, 3.63) is 23.2 Å². The molecule has 0 saturated heterocycles. The molecule has 0 fully saturated rings. The summed E-state index contributed by atoms with van der Waals surface area (Å²) in [5.41, 5.74) is 6.68. The van der Waals surface area contributed by atoms with Crippen LogP contribution in [0.15, 0.2) is 18.2 Å². The van der Waals surface area contributed by atoms with Gasteiger partial charge in [-0.05, 0) is 31.5 Å². The quantitative estimate of drug-likeness (QED) is 0.617. The Morgan fingerprint density at radius 1 is 1.56 bits per heavy atom. The Morgan fingerprint density at radius 2 is 2.28 bits per heavy atom. The Morgan fingerprint density at radius 3 is 2.89 bits per heavy atom. The molecule has 4 nitrogen and oxygen atoms in total. The lowest BCUT2D eigenvalue weighted by atomic mass is 10.2. The number of hydrogen-bond acceptors (Lipinski definition) is 3. The first-order valence-electron chi connectivity index (χ1n) is 6.02. The van der Waals surface area contributed by atoms with Gasteiger partial charge >= 0.3 is 0 Å². The number of anilines is 2. The summed E-state index contributed by atoms with van der Waals surface area (Å²) in [6.45, 7) is 4.37. The minimum absolute atomic E-state index is 0.210. The minimum Gasteiger partial charge on any atom is -0.399 e. The van der Waals surface area contributed by atoms with Gasteiger partial charge in [0.2, 0.25) is 0 Å². The van der Waals surface area contributed by atoms with Crippen molar-refractivity contribution in [3.8, 4) is 0 Å². The van der Waals surface area contributed by atoms with E-state index in [0.717, 1.165) is 12.8 Å². The number of nitrogens with two attached hydrogens (primary N) is 1. The first-order valence-corrected chi connectivity index (χ1v) is 6.40. The molecule has 0 aromatic heterocycles. The number of carbonyl (C=O) groups is 1. The fourth-order valence-electron chi connectivity index (χ4n) is 1.35. The zero-order valence-corrected chi connectivity index (χ0v) is 11.5. The third kappa shape index (κ3) is 4.55. The summed E-state index contributed by atoms with van der Waals surface area (Å²) < 4.78 is 5.40. The number of benzene rings is 1. The fraction of sp³-hybridized carbons (Fsp3) is 0.462. The normalized spacial score (nSPS) is 12.2. The van der Waals surface area contributed by atoms with Crippen molar-refractivity contribution in [1.82, 2.24) is 0 Å². The molecule has 1 rings (SSSR count). The van der Waals surface area contributed by atoms with Crippen molar-refractivity contribution in [2.24, 2.45) is 0 Å². The monoisotopic (exact) mass is 270 g/mol. The molecular formula is C13H19ClN2O2. The van der Waals surface area contributed by atoms with Crippen LogP contribution in [0.1, 0.15) is 26.7 Å². The van der Waals surface area contributed by atoms with Gasteiger partial charge in [-0.2, -0.15) is 0 Å². The number of ether oxygens (including phenoxy) is 1. The molecule has 0 heterocycles. The van der Waals surface area contributed by atoms with E-state index in [9.17, 15) is 4.79 Å². The van der Waals surface area contributed by atoms with Gasteiger partial charge in [-0.25, -0.2) is 0 Å². The lowest BCUT2D eigenvalue weighted by molar-refractivity contribution is -0.126. The second kappa shape index (κ2) is 7.24. The van der Waals surface area contributed by atoms with E-state index in [2.05, 4.69) is 12.2 Å². The molecule has 0 radical (unpaired) electrons. The second-order valence-corrected chi connectivity index (χ2v) is 4.50. The highest BCUT2D eigenvalue weighted by atomic mass is 35.5. The van der Waals surface area contributed by atoms with Crippen LogP contribution in [0.4, 0.5) is 11.4 Å². The van der Waals surface area contributed by atoms with Crippen LogP contribution in [-0.4, -0.2) is 18.6 Å². The van der Waals surface area contributed by atoms with Crippen molar-refractivity contribution in [2.45, 2.75) is 32.8 Å². The van der Waals surface area contributed by atoms with E-state index in [-0.39, 0.29) is 5.91 Å². The summed E-state index contributed by atoms with van der Waals surface area (Å²) in [6.07, 6.45) is 1.49. The summed E-state index contributed by atoms with van der Waals surface area (Å²) in [4.78, 5) is 11.8. The first kappa shape index (κ1) is 14.8. The third-order valence-corrected chi connectivity index (χ3v) is 2.80. The number of carbonyl (C=O) groups excluding carboxylic acids is 1. The van der Waals surface area contributed by atoms with E-state index in [4.69, 9.17) is 22.1 Å². The lowest BCUT2D eigenvalue weighted by Crippen LogP contribution is -2.28. The molecule has 100 valence electrons. The third-order valence-electron chi connectivity index (χ3n) is 2.49. The van der Waals surface area contributed by atoms with E-state index in [1.54, 1.807) is 25.1 Å². The standard InChI is InChI=1S/C13H19ClN2O2/c1-3-4-7-18-9(2)13(17)16-12-6-5-10(15)8-11(12)14/h5-6,8-9H,3-4,7,15H2,1-2H3,(H,16,17). The van der Waals surface area contributed by atoms with Crippen molar-refractivity contribution in [1.29, 1.82) is 0 Å². The molecule has 5 heteroatoms. The Hall–Kier alpha value is -1.26. The average Bonchev–Trinajstić information content (AvgIpc) is 2.32. The molecule has 0 bridgehead atoms. The smallest absolute Gasteiger partial charge is 0.253 e. The molecule has 0 aliphatic carbocycles. The van der Waals surface area contributed by atoms with Crippen LogP contribution in [-0.2, 0) is 9.53 Å². The van der Waals surface area contributed by atoms with Crippen LogP contribution in [0.5, 0.6) is 0 Å². The SMILES string of the molecule is CCCCOC(C)C(=O)Nc1ccc(N)cc1Cl. The summed E-state index contributed by atoms with van der Waals surface area (Å²) in [5, 5.41) is 3.13. The Labute approximate surface area is 112 Å². The predicted molar refractivity (Wildman–Crippen MR) is 74.8 cm³/mol. The lowest BCUT2D eigenvalue weighted by Gasteiger charge is -2.14. The van der Waals surface area contributed by atoms with Crippen LogP contribution in [0.3, 0.4) is 0 Å². The van der Waals surface area contributed by atoms with E-state index in [1.165, 1.54) is 0 Å². The van der Waals surface area contributed by atoms with Gasteiger partial charge in [-0.1, -0.05) is 24.9 Å². The van der Waals surface area contributed by atoms with Gasteiger partial charge in [0.25, 0.3) is 5.91 Å². The molecule has 0 aliphatic rings. The van der Waals surface area contributed by atoms with Gasteiger partial charge in [-0.3, -0.25) is 4.79 Å². The van der Waals surface area contributed by atoms with E-state index in [0.29, 0.717) is 23.0 Å². The molecule has 0 spiro atoms. The van der Waals surface area contributed by atoms with Gasteiger partial charge in [0.05, 0.1) is 10.7 Å². The van der Waals surface area contributed by atoms with E-state index < -0.39 is 6.10 Å². The zero-order valence-electron chi connectivity index (χ0n) is 10.7. The molecule has 18 heavy (non-hydrogen) atoms. The highest BCUT2D eigenvalue weighted by Gasteiger charge is 2.14. The van der Waals surface area contributed by atoms with E-state index >= 15 is 0 Å². The number of amides is 1. The molecule has 0 aliphatic heterocycles. The maximum absolute atomic E-state index is 11.8. The largest absolute Gasteiger partial charge is 0.399 e. The molecule has 1 aromatic rings. The number of nitrogen functional groups attached to an aromatic ring is 1. The Balaban J connectivity index is 2.53. The van der Waals surface area contributed by atoms with Crippen molar-refractivity contribution >= 4 is 28.9 Å². The van der Waals surface area contributed by atoms with Gasteiger partial charge in [-0.15, -0.1) is 0 Å². The summed E-state index contributed by atoms with van der Waals surface area (Å²) >= 11 is 5.97. The Kier molecular flexibility index (Phi) is 5.95. The number of rotatable bonds is 6. The van der Waals surface area contributed by atoms with E-state index in [1.807, 2.05) is 0 Å². The maximum atomic E-state index is 11.8. The Bertz CT molecular complexity index is 410. The summed E-state index contributed by atoms with van der Waals surface area (Å²) in [7, 11) is 0. The molecule has 1 aromatic carbocycles. The molecule has 1 atom stereocenters. The first-order chi connectivity index (χ1) is 8.54. The van der Waals surface area contributed by atoms with Crippen molar-refractivity contribution in [2.75, 3.05) is 17.7 Å². The predicted octanol–water partition coefficient (Wildman–Crippen LogP) is 3.07. The fourth-order valence-corrected chi connectivity index (χ4v) is 1.58. The zero-order chi connectivity index (χ0) is 13.5. The number of unbranched alkanes of at least 4 members (excludes halogenated alkanes) is 1. The van der Waals surface area contributed by atoms with Crippen LogP contribution in [0.2, 0.25) is 5.02 Å². The van der Waals surface area contributed by atoms with Gasteiger partial charge < -0.3 is 15.8 Å². The van der Waals surface area contributed by atoms with Crippen LogP contribution >= 0.6 is 11.6 Å². The van der Waals surface area contributed by atoms with Gasteiger partial charge in [0.15, 0.2) is 0 Å². The molecule has 0 saturated carbocycles. The molecular weight excluding hydrogens is 252 g/mol. The van der Waals surface area contributed by atoms with Gasteiger partial charge in [0, 0.05) is 12.3 Å². The molecule has 1 amide bonds. The molecule has 1 unspecified atom stereocenters. The number of halogens is 1. The van der Waals surface area contributed by atoms with Crippen molar-refractivity contribution in [3.63, 3.8) is 0 Å². The highest BCUT2D eigenvalue weighted by Crippen LogP contribution is 2.24. The second-order valence-electron chi connectivity index (χ2n) is 4.10. The topological polar surface area (TPSA) is 64.3 Å². The molecule has 3 N–H and O–H groups in total. The summed E-state index contributed by atoms with van der Waals surface area (Å²) in [5.74, 6) is -0.210. The van der Waals surface area contributed by atoms with Crippen LogP contribution in [0, 0.1) is 0 Å². The van der Waals surface area contributed by atoms with Crippen molar-refractivity contribution < 1.29 is 9.53 Å². The minimum atomic E-state index is -0.495. The average molecular weight is 271 g/mol. The summed E-state index contributed by atoms with van der Waals surface area (Å²) in [6, 6.07) is 4.96. The van der Waals surface area contributed by atoms with Crippen LogP contribution in [0.25, 0.3) is 0 Å². The number of hydrogen-bond donors (Lipinski definition) is 2.